The van der Waals surface area contributed by atoms with Crippen LogP contribution in [0.4, 0.5) is 5.69 Å². The van der Waals surface area contributed by atoms with E-state index in [0.717, 1.165) is 38.3 Å². The molecule has 6 heteroatoms. The highest BCUT2D eigenvalue weighted by Crippen LogP contribution is 2.37. The van der Waals surface area contributed by atoms with Gasteiger partial charge in [0.15, 0.2) is 5.75 Å². The molecular weight excluding hydrogens is 362 g/mol. The van der Waals surface area contributed by atoms with Crippen molar-refractivity contribution in [2.75, 3.05) is 38.2 Å². The van der Waals surface area contributed by atoms with Gasteiger partial charge in [0.25, 0.3) is 5.91 Å². The summed E-state index contributed by atoms with van der Waals surface area (Å²) < 4.78 is 5.79. The lowest BCUT2D eigenvalue weighted by Gasteiger charge is -2.29. The van der Waals surface area contributed by atoms with Crippen molar-refractivity contribution >= 4 is 23.2 Å². The minimum Gasteiger partial charge on any atom is -0.489 e. The molecule has 0 radical (unpaired) electrons. The number of nitrogens with zero attached hydrogens (tertiary/aromatic N) is 2. The molecule has 1 unspecified atom stereocenters. The SMILES string of the molecule is CN1CCOc2c(C(=O)NC3CCN(Cc4ccccc4)C3)cc(Cl)cc21. The molecule has 0 bridgehead atoms. The second-order valence-electron chi connectivity index (χ2n) is 7.25. The van der Waals surface area contributed by atoms with Crippen molar-refractivity contribution < 1.29 is 9.53 Å². The summed E-state index contributed by atoms with van der Waals surface area (Å²) in [5.74, 6) is 0.514. The maximum absolute atomic E-state index is 12.9. The van der Waals surface area contributed by atoms with Gasteiger partial charge in [-0.1, -0.05) is 41.9 Å². The molecule has 0 spiro atoms. The van der Waals surface area contributed by atoms with Crippen LogP contribution in [0.15, 0.2) is 42.5 Å². The van der Waals surface area contributed by atoms with Crippen LogP contribution < -0.4 is 15.0 Å². The molecular formula is C21H24ClN3O2. The summed E-state index contributed by atoms with van der Waals surface area (Å²) in [4.78, 5) is 17.4. The molecule has 2 aromatic carbocycles. The van der Waals surface area contributed by atoms with E-state index in [0.29, 0.717) is 22.9 Å². The first-order chi connectivity index (χ1) is 13.1. The fourth-order valence-electron chi connectivity index (χ4n) is 3.79. The predicted molar refractivity (Wildman–Crippen MR) is 108 cm³/mol. The van der Waals surface area contributed by atoms with Crippen molar-refractivity contribution in [3.05, 3.63) is 58.6 Å². The number of halogens is 1. The van der Waals surface area contributed by atoms with Crippen LogP contribution >= 0.6 is 11.6 Å². The Hall–Kier alpha value is -2.24. The van der Waals surface area contributed by atoms with E-state index in [2.05, 4.69) is 39.4 Å². The predicted octanol–water partition coefficient (Wildman–Crippen LogP) is 3.17. The molecule has 2 aromatic rings. The number of hydrogen-bond acceptors (Lipinski definition) is 4. The second-order valence-corrected chi connectivity index (χ2v) is 7.69. The first-order valence-electron chi connectivity index (χ1n) is 9.35. The normalized spacial score (nSPS) is 19.5. The molecule has 5 nitrogen and oxygen atoms in total. The van der Waals surface area contributed by atoms with Crippen LogP contribution in [0, 0.1) is 0 Å². The minimum atomic E-state index is -0.115. The first-order valence-corrected chi connectivity index (χ1v) is 9.72. The molecule has 2 aliphatic rings. The molecule has 1 fully saturated rings. The van der Waals surface area contributed by atoms with Crippen LogP contribution in [0.1, 0.15) is 22.3 Å². The zero-order valence-corrected chi connectivity index (χ0v) is 16.2. The zero-order chi connectivity index (χ0) is 18.8. The van der Waals surface area contributed by atoms with Crippen LogP contribution in [0.5, 0.6) is 5.75 Å². The van der Waals surface area contributed by atoms with Crippen molar-refractivity contribution in [3.8, 4) is 5.75 Å². The lowest BCUT2D eigenvalue weighted by atomic mass is 10.1. The van der Waals surface area contributed by atoms with E-state index in [-0.39, 0.29) is 11.9 Å². The molecule has 0 saturated carbocycles. The third-order valence-electron chi connectivity index (χ3n) is 5.22. The van der Waals surface area contributed by atoms with E-state index in [1.807, 2.05) is 19.2 Å². The maximum Gasteiger partial charge on any atom is 0.255 e. The van der Waals surface area contributed by atoms with Crippen LogP contribution in [-0.2, 0) is 6.54 Å². The monoisotopic (exact) mass is 385 g/mol. The van der Waals surface area contributed by atoms with Gasteiger partial charge in [-0.2, -0.15) is 0 Å². The van der Waals surface area contributed by atoms with E-state index >= 15 is 0 Å². The third kappa shape index (κ3) is 4.04. The van der Waals surface area contributed by atoms with Gasteiger partial charge in [-0.3, -0.25) is 9.69 Å². The molecule has 1 atom stereocenters. The van der Waals surface area contributed by atoms with Gasteiger partial charge in [0.2, 0.25) is 0 Å². The summed E-state index contributed by atoms with van der Waals surface area (Å²) in [5.41, 5.74) is 2.69. The lowest BCUT2D eigenvalue weighted by molar-refractivity contribution is 0.0933. The van der Waals surface area contributed by atoms with Crippen LogP contribution in [0.25, 0.3) is 0 Å². The van der Waals surface area contributed by atoms with Crippen molar-refractivity contribution in [1.29, 1.82) is 0 Å². The number of carbonyl (C=O) groups is 1. The highest BCUT2D eigenvalue weighted by atomic mass is 35.5. The minimum absolute atomic E-state index is 0.115. The molecule has 0 aliphatic carbocycles. The highest BCUT2D eigenvalue weighted by molar-refractivity contribution is 6.31. The Morgan fingerprint density at radius 2 is 2.07 bits per heavy atom. The van der Waals surface area contributed by atoms with Gasteiger partial charge in [-0.25, -0.2) is 0 Å². The molecule has 142 valence electrons. The fraction of sp³-hybridized carbons (Fsp3) is 0.381. The number of hydrogen-bond donors (Lipinski definition) is 1. The van der Waals surface area contributed by atoms with E-state index in [1.54, 1.807) is 6.07 Å². The van der Waals surface area contributed by atoms with Gasteiger partial charge in [0, 0.05) is 37.7 Å². The molecule has 2 aliphatic heterocycles. The number of likely N-dealkylation sites (tertiary alicyclic amines) is 1. The van der Waals surface area contributed by atoms with Gasteiger partial charge in [0.05, 0.1) is 17.8 Å². The number of rotatable bonds is 4. The van der Waals surface area contributed by atoms with Gasteiger partial charge < -0.3 is 15.0 Å². The Kier molecular flexibility index (Phi) is 5.23. The van der Waals surface area contributed by atoms with Crippen LogP contribution in [0.3, 0.4) is 0 Å². The average Bonchev–Trinajstić information content (AvgIpc) is 3.09. The summed E-state index contributed by atoms with van der Waals surface area (Å²) in [6.07, 6.45) is 0.947. The van der Waals surface area contributed by atoms with Crippen molar-refractivity contribution in [1.82, 2.24) is 10.2 Å². The molecule has 27 heavy (non-hydrogen) atoms. The van der Waals surface area contributed by atoms with Crippen molar-refractivity contribution in [2.45, 2.75) is 19.0 Å². The molecule has 0 aromatic heterocycles. The Morgan fingerprint density at radius 1 is 1.26 bits per heavy atom. The quantitative estimate of drug-likeness (QED) is 0.878. The van der Waals surface area contributed by atoms with Crippen molar-refractivity contribution in [3.63, 3.8) is 0 Å². The summed E-state index contributed by atoms with van der Waals surface area (Å²) >= 11 is 6.25. The Morgan fingerprint density at radius 3 is 2.89 bits per heavy atom. The van der Waals surface area contributed by atoms with Gasteiger partial charge in [0.1, 0.15) is 6.61 Å². The number of benzene rings is 2. The summed E-state index contributed by atoms with van der Waals surface area (Å²) in [5, 5.41) is 3.71. The molecule has 1 N–H and O–H groups in total. The molecule has 4 rings (SSSR count). The average molecular weight is 386 g/mol. The number of ether oxygens (including phenoxy) is 1. The third-order valence-corrected chi connectivity index (χ3v) is 5.44. The number of amides is 1. The topological polar surface area (TPSA) is 44.8 Å². The fourth-order valence-corrected chi connectivity index (χ4v) is 4.00. The highest BCUT2D eigenvalue weighted by Gasteiger charge is 2.28. The number of nitrogens with one attached hydrogen (secondary N) is 1. The van der Waals surface area contributed by atoms with Gasteiger partial charge in [-0.05, 0) is 24.1 Å². The van der Waals surface area contributed by atoms with E-state index in [9.17, 15) is 4.79 Å². The number of anilines is 1. The lowest BCUT2D eigenvalue weighted by Crippen LogP contribution is -2.38. The number of fused-ring (bicyclic) bond motifs is 1. The molecule has 1 amide bonds. The Balaban J connectivity index is 1.43. The Labute approximate surface area is 164 Å². The van der Waals surface area contributed by atoms with Crippen LogP contribution in [0.2, 0.25) is 5.02 Å². The van der Waals surface area contributed by atoms with Gasteiger partial charge >= 0.3 is 0 Å². The van der Waals surface area contributed by atoms with Gasteiger partial charge in [-0.15, -0.1) is 0 Å². The Bertz CT molecular complexity index is 828. The van der Waals surface area contributed by atoms with E-state index in [4.69, 9.17) is 16.3 Å². The summed E-state index contributed by atoms with van der Waals surface area (Å²) in [6, 6.07) is 14.1. The molecule has 2 heterocycles. The number of likely N-dealkylation sites (N-methyl/N-ethyl adjacent to an activating group) is 1. The second kappa shape index (κ2) is 7.79. The largest absolute Gasteiger partial charge is 0.489 e. The smallest absolute Gasteiger partial charge is 0.255 e. The zero-order valence-electron chi connectivity index (χ0n) is 15.5. The van der Waals surface area contributed by atoms with E-state index in [1.165, 1.54) is 5.56 Å². The number of carbonyl (C=O) groups excluding carboxylic acids is 1. The van der Waals surface area contributed by atoms with Crippen molar-refractivity contribution in [2.24, 2.45) is 0 Å². The van der Waals surface area contributed by atoms with E-state index < -0.39 is 0 Å². The van der Waals surface area contributed by atoms with Crippen LogP contribution in [-0.4, -0.2) is 50.1 Å². The summed E-state index contributed by atoms with van der Waals surface area (Å²) in [6.45, 7) is 4.09. The molecule has 1 saturated heterocycles. The maximum atomic E-state index is 12.9. The summed E-state index contributed by atoms with van der Waals surface area (Å²) in [7, 11) is 1.98. The standard InChI is InChI=1S/C21H24ClN3O2/c1-24-9-10-27-20-18(11-16(22)12-19(20)24)21(26)23-17-7-8-25(14-17)13-15-5-3-2-4-6-15/h2-6,11-12,17H,7-10,13-14H2,1H3,(H,23,26). The first kappa shape index (κ1) is 18.1.